The summed E-state index contributed by atoms with van der Waals surface area (Å²) in [4.78, 5) is 12.9. The minimum atomic E-state index is 0.129. The topological polar surface area (TPSA) is 17.1 Å². The highest BCUT2D eigenvalue weighted by Gasteiger charge is 2.10. The Morgan fingerprint density at radius 2 is 2.12 bits per heavy atom. The molecule has 1 aromatic carbocycles. The molecule has 0 saturated heterocycles. The van der Waals surface area contributed by atoms with Crippen molar-refractivity contribution in [1.82, 2.24) is 0 Å². The molecule has 0 fully saturated rings. The maximum absolute atomic E-state index is 12.1. The maximum Gasteiger partial charge on any atom is 0.202 e. The molecule has 0 unspecified atom stereocenters. The Hall–Kier alpha value is -1.41. The van der Waals surface area contributed by atoms with E-state index < -0.39 is 0 Å². The summed E-state index contributed by atoms with van der Waals surface area (Å²) >= 11 is 1.49. The molecule has 1 aromatic heterocycles. The van der Waals surface area contributed by atoms with Gasteiger partial charge in [0, 0.05) is 5.56 Å². The van der Waals surface area contributed by atoms with Crippen molar-refractivity contribution in [3.63, 3.8) is 0 Å². The first-order chi connectivity index (χ1) is 7.72. The van der Waals surface area contributed by atoms with E-state index in [0.29, 0.717) is 0 Å². The van der Waals surface area contributed by atoms with Gasteiger partial charge in [0.25, 0.3) is 0 Å². The van der Waals surface area contributed by atoms with Crippen LogP contribution < -0.4 is 0 Å². The zero-order valence-electron chi connectivity index (χ0n) is 9.49. The van der Waals surface area contributed by atoms with E-state index in [2.05, 4.69) is 13.8 Å². The molecular weight excluding hydrogens is 216 g/mol. The second kappa shape index (κ2) is 4.62. The number of carbonyl (C=O) groups is 1. The monoisotopic (exact) mass is 230 g/mol. The van der Waals surface area contributed by atoms with Gasteiger partial charge in [-0.25, -0.2) is 0 Å². The highest BCUT2D eigenvalue weighted by atomic mass is 32.1. The lowest BCUT2D eigenvalue weighted by molar-refractivity contribution is 0.104. The molecule has 0 amide bonds. The predicted octanol–water partition coefficient (Wildman–Crippen LogP) is 3.85. The van der Waals surface area contributed by atoms with Gasteiger partial charge in [-0.1, -0.05) is 25.1 Å². The summed E-state index contributed by atoms with van der Waals surface area (Å²) in [6, 6.07) is 9.74. The number of hydrogen-bond donors (Lipinski definition) is 0. The summed E-state index contributed by atoms with van der Waals surface area (Å²) in [5.41, 5.74) is 3.30. The van der Waals surface area contributed by atoms with E-state index in [1.54, 1.807) is 0 Å². The van der Waals surface area contributed by atoms with Crippen molar-refractivity contribution in [2.45, 2.75) is 20.3 Å². The van der Waals surface area contributed by atoms with E-state index in [1.165, 1.54) is 22.5 Å². The van der Waals surface area contributed by atoms with E-state index in [0.717, 1.165) is 16.9 Å². The number of ketones is 1. The van der Waals surface area contributed by atoms with Crippen molar-refractivity contribution in [1.29, 1.82) is 0 Å². The Labute approximate surface area is 99.8 Å². The van der Waals surface area contributed by atoms with Crippen molar-refractivity contribution < 1.29 is 4.79 Å². The van der Waals surface area contributed by atoms with Crippen molar-refractivity contribution in [3.05, 3.63) is 57.3 Å². The van der Waals surface area contributed by atoms with Gasteiger partial charge >= 0.3 is 0 Å². The summed E-state index contributed by atoms with van der Waals surface area (Å²) in [5.74, 6) is 0.129. The zero-order valence-corrected chi connectivity index (χ0v) is 10.3. The van der Waals surface area contributed by atoms with Gasteiger partial charge in [-0.15, -0.1) is 11.3 Å². The fraction of sp³-hybridized carbons (Fsp3) is 0.214. The van der Waals surface area contributed by atoms with E-state index in [-0.39, 0.29) is 5.78 Å². The van der Waals surface area contributed by atoms with Crippen LogP contribution >= 0.6 is 11.3 Å². The van der Waals surface area contributed by atoms with Crippen LogP contribution in [0.5, 0.6) is 0 Å². The number of thiophene rings is 1. The minimum absolute atomic E-state index is 0.129. The summed E-state index contributed by atoms with van der Waals surface area (Å²) in [7, 11) is 0. The van der Waals surface area contributed by atoms with Gasteiger partial charge in [0.2, 0.25) is 5.78 Å². The molecule has 2 heteroatoms. The molecule has 0 radical (unpaired) electrons. The lowest BCUT2D eigenvalue weighted by Gasteiger charge is -2.05. The van der Waals surface area contributed by atoms with Crippen LogP contribution in [0.1, 0.15) is 33.3 Å². The summed E-state index contributed by atoms with van der Waals surface area (Å²) in [6.45, 7) is 4.19. The van der Waals surface area contributed by atoms with Crippen molar-refractivity contribution in [3.8, 4) is 0 Å². The molecule has 0 N–H and O–H groups in total. The van der Waals surface area contributed by atoms with Crippen LogP contribution in [0.3, 0.4) is 0 Å². The van der Waals surface area contributed by atoms with Crippen LogP contribution in [-0.4, -0.2) is 5.78 Å². The molecule has 2 aromatic rings. The molecule has 1 nitrogen and oxygen atoms in total. The number of benzene rings is 1. The third-order valence-corrected chi connectivity index (χ3v) is 3.61. The van der Waals surface area contributed by atoms with E-state index in [4.69, 9.17) is 0 Å². The fourth-order valence-corrected chi connectivity index (χ4v) is 2.43. The highest BCUT2D eigenvalue weighted by molar-refractivity contribution is 7.12. The average molecular weight is 230 g/mol. The molecule has 16 heavy (non-hydrogen) atoms. The molecule has 0 aliphatic rings. The van der Waals surface area contributed by atoms with Crippen LogP contribution in [0.2, 0.25) is 0 Å². The molecule has 0 aliphatic carbocycles. The van der Waals surface area contributed by atoms with E-state index >= 15 is 0 Å². The van der Waals surface area contributed by atoms with Gasteiger partial charge in [0.1, 0.15) is 0 Å². The quantitative estimate of drug-likeness (QED) is 0.732. The smallest absolute Gasteiger partial charge is 0.202 e. The Morgan fingerprint density at radius 3 is 2.75 bits per heavy atom. The first-order valence-corrected chi connectivity index (χ1v) is 6.28. The number of aryl methyl sites for hydroxylation is 2. The van der Waals surface area contributed by atoms with Gasteiger partial charge in [-0.05, 0) is 42.0 Å². The molecule has 82 valence electrons. The second-order valence-electron chi connectivity index (χ2n) is 3.80. The van der Waals surface area contributed by atoms with E-state index in [1.807, 2.05) is 35.7 Å². The SMILES string of the molecule is CCc1cc(C(=O)c2cccs2)ccc1C. The first kappa shape index (κ1) is 11.1. The number of hydrogen-bond acceptors (Lipinski definition) is 2. The lowest BCUT2D eigenvalue weighted by Crippen LogP contribution is -2.00. The second-order valence-corrected chi connectivity index (χ2v) is 4.75. The predicted molar refractivity (Wildman–Crippen MR) is 68.3 cm³/mol. The molecular formula is C14H14OS. The molecule has 0 aliphatic heterocycles. The largest absolute Gasteiger partial charge is 0.288 e. The molecule has 2 rings (SSSR count). The zero-order chi connectivity index (χ0) is 11.5. The van der Waals surface area contributed by atoms with Crippen LogP contribution in [0.4, 0.5) is 0 Å². The summed E-state index contributed by atoms with van der Waals surface area (Å²) in [6.07, 6.45) is 0.970. The van der Waals surface area contributed by atoms with Gasteiger partial charge in [0.05, 0.1) is 4.88 Å². The standard InChI is InChI=1S/C14H14OS/c1-3-11-9-12(7-6-10(11)2)14(15)13-5-4-8-16-13/h4-9H,3H2,1-2H3. The molecule has 0 saturated carbocycles. The van der Waals surface area contributed by atoms with Crippen molar-refractivity contribution in [2.24, 2.45) is 0 Å². The van der Waals surface area contributed by atoms with Crippen LogP contribution in [-0.2, 0) is 6.42 Å². The van der Waals surface area contributed by atoms with Gasteiger partial charge in [-0.3, -0.25) is 4.79 Å². The van der Waals surface area contributed by atoms with Crippen LogP contribution in [0, 0.1) is 6.92 Å². The van der Waals surface area contributed by atoms with Gasteiger partial charge in [-0.2, -0.15) is 0 Å². The number of carbonyl (C=O) groups excluding carboxylic acids is 1. The Balaban J connectivity index is 2.38. The summed E-state index contributed by atoms with van der Waals surface area (Å²) < 4.78 is 0. The normalized spacial score (nSPS) is 10.4. The lowest BCUT2D eigenvalue weighted by atomic mass is 10.0. The van der Waals surface area contributed by atoms with Gasteiger partial charge < -0.3 is 0 Å². The first-order valence-electron chi connectivity index (χ1n) is 5.40. The molecule has 1 heterocycles. The third kappa shape index (κ3) is 2.07. The maximum atomic E-state index is 12.1. The highest BCUT2D eigenvalue weighted by Crippen LogP contribution is 2.18. The van der Waals surface area contributed by atoms with Crippen LogP contribution in [0.25, 0.3) is 0 Å². The Morgan fingerprint density at radius 1 is 1.31 bits per heavy atom. The van der Waals surface area contributed by atoms with Gasteiger partial charge in [0.15, 0.2) is 0 Å². The number of rotatable bonds is 3. The van der Waals surface area contributed by atoms with E-state index in [9.17, 15) is 4.79 Å². The molecule has 0 spiro atoms. The molecule has 0 bridgehead atoms. The Kier molecular flexibility index (Phi) is 3.20. The average Bonchev–Trinajstić information content (AvgIpc) is 2.82. The van der Waals surface area contributed by atoms with Crippen molar-refractivity contribution in [2.75, 3.05) is 0 Å². The molecule has 0 atom stereocenters. The minimum Gasteiger partial charge on any atom is -0.288 e. The Bertz CT molecular complexity index is 497. The van der Waals surface area contributed by atoms with Crippen molar-refractivity contribution >= 4 is 17.1 Å². The van der Waals surface area contributed by atoms with Crippen LogP contribution in [0.15, 0.2) is 35.7 Å². The third-order valence-electron chi connectivity index (χ3n) is 2.74. The fourth-order valence-electron chi connectivity index (χ4n) is 1.74. The summed E-state index contributed by atoms with van der Waals surface area (Å²) in [5, 5.41) is 1.93.